The smallest absolute Gasteiger partial charge is 0.184 e. The number of hydrogen-bond donors (Lipinski definition) is 1. The van der Waals surface area contributed by atoms with Crippen molar-refractivity contribution >= 4 is 5.78 Å². The fraction of sp³-hybridized carbons (Fsp3) is 0.500. The van der Waals surface area contributed by atoms with E-state index in [0.717, 1.165) is 12.8 Å². The Morgan fingerprint density at radius 2 is 2.08 bits per heavy atom. The number of allylic oxidation sites excluding steroid dienone is 3. The van der Waals surface area contributed by atoms with Crippen LogP contribution in [0.3, 0.4) is 0 Å². The van der Waals surface area contributed by atoms with Crippen molar-refractivity contribution in [3.63, 3.8) is 0 Å². The lowest BCUT2D eigenvalue weighted by atomic mass is 9.75. The monoisotopic (exact) mass is 164 g/mol. The minimum Gasteiger partial charge on any atom is -0.385 e. The van der Waals surface area contributed by atoms with E-state index in [0.29, 0.717) is 5.92 Å². The lowest BCUT2D eigenvalue weighted by molar-refractivity contribution is -0.126. The standard InChI is InChI=1S/C10H12O2/c11-9-6-5-7-3-1-2-4-8(7)10(9)12/h1-2,5-8,10,12H,3-4H2/t7?,8?,10-/m1/s1. The van der Waals surface area contributed by atoms with Crippen LogP contribution in [-0.4, -0.2) is 17.0 Å². The van der Waals surface area contributed by atoms with Gasteiger partial charge in [0.25, 0.3) is 0 Å². The van der Waals surface area contributed by atoms with Crippen molar-refractivity contribution in [1.82, 2.24) is 0 Å². The summed E-state index contributed by atoms with van der Waals surface area (Å²) in [7, 11) is 0. The average Bonchev–Trinajstić information content (AvgIpc) is 2.12. The summed E-state index contributed by atoms with van der Waals surface area (Å²) >= 11 is 0. The maximum Gasteiger partial charge on any atom is 0.184 e. The molecule has 2 aliphatic rings. The van der Waals surface area contributed by atoms with Gasteiger partial charge in [-0.25, -0.2) is 0 Å². The second-order valence-corrected chi connectivity index (χ2v) is 3.48. The molecule has 0 aromatic rings. The average molecular weight is 164 g/mol. The summed E-state index contributed by atoms with van der Waals surface area (Å²) in [5, 5.41) is 9.54. The highest BCUT2D eigenvalue weighted by Gasteiger charge is 2.33. The maximum absolute atomic E-state index is 11.1. The molecule has 0 amide bonds. The molecule has 0 saturated heterocycles. The first-order chi connectivity index (χ1) is 5.79. The lowest BCUT2D eigenvalue weighted by Crippen LogP contribution is -2.36. The number of aliphatic hydroxyl groups excluding tert-OH is 1. The van der Waals surface area contributed by atoms with Gasteiger partial charge < -0.3 is 5.11 Å². The van der Waals surface area contributed by atoms with Gasteiger partial charge in [0.1, 0.15) is 6.10 Å². The first kappa shape index (κ1) is 7.74. The number of ketones is 1. The molecule has 2 unspecified atom stereocenters. The summed E-state index contributed by atoms with van der Waals surface area (Å²) in [5.41, 5.74) is 0. The van der Waals surface area contributed by atoms with E-state index < -0.39 is 6.10 Å². The fourth-order valence-electron chi connectivity index (χ4n) is 1.97. The lowest BCUT2D eigenvalue weighted by Gasteiger charge is -2.31. The van der Waals surface area contributed by atoms with Crippen LogP contribution in [0.5, 0.6) is 0 Å². The van der Waals surface area contributed by atoms with E-state index in [9.17, 15) is 9.90 Å². The normalized spacial score (nSPS) is 39.8. The van der Waals surface area contributed by atoms with E-state index >= 15 is 0 Å². The molecule has 2 aliphatic carbocycles. The Kier molecular flexibility index (Phi) is 1.85. The fourth-order valence-corrected chi connectivity index (χ4v) is 1.97. The van der Waals surface area contributed by atoms with Crippen LogP contribution in [0.2, 0.25) is 0 Å². The van der Waals surface area contributed by atoms with Crippen molar-refractivity contribution in [1.29, 1.82) is 0 Å². The predicted octanol–water partition coefficient (Wildman–Crippen LogP) is 1.07. The van der Waals surface area contributed by atoms with Gasteiger partial charge in [0.05, 0.1) is 0 Å². The van der Waals surface area contributed by atoms with Crippen LogP contribution in [0.4, 0.5) is 0 Å². The van der Waals surface area contributed by atoms with E-state index in [1.165, 1.54) is 6.08 Å². The second kappa shape index (κ2) is 2.87. The van der Waals surface area contributed by atoms with Crippen LogP contribution in [0.25, 0.3) is 0 Å². The van der Waals surface area contributed by atoms with Crippen molar-refractivity contribution in [3.05, 3.63) is 24.3 Å². The van der Waals surface area contributed by atoms with Crippen molar-refractivity contribution < 1.29 is 9.90 Å². The molecular weight excluding hydrogens is 152 g/mol. The minimum atomic E-state index is -0.759. The van der Waals surface area contributed by atoms with Gasteiger partial charge in [0, 0.05) is 5.92 Å². The second-order valence-electron chi connectivity index (χ2n) is 3.48. The number of aliphatic hydroxyl groups is 1. The van der Waals surface area contributed by atoms with Gasteiger partial charge in [-0.2, -0.15) is 0 Å². The van der Waals surface area contributed by atoms with Crippen LogP contribution in [0.1, 0.15) is 12.8 Å². The molecule has 2 nitrogen and oxygen atoms in total. The summed E-state index contributed by atoms with van der Waals surface area (Å²) in [6.45, 7) is 0. The molecule has 2 rings (SSSR count). The molecule has 0 aliphatic heterocycles. The number of fused-ring (bicyclic) bond motifs is 1. The summed E-state index contributed by atoms with van der Waals surface area (Å²) in [5.74, 6) is 0.377. The van der Waals surface area contributed by atoms with Gasteiger partial charge in [-0.1, -0.05) is 18.2 Å². The summed E-state index contributed by atoms with van der Waals surface area (Å²) in [6, 6.07) is 0. The molecular formula is C10H12O2. The summed E-state index contributed by atoms with van der Waals surface area (Å²) < 4.78 is 0. The molecule has 64 valence electrons. The van der Waals surface area contributed by atoms with E-state index in [4.69, 9.17) is 0 Å². The molecule has 3 atom stereocenters. The topological polar surface area (TPSA) is 37.3 Å². The SMILES string of the molecule is O=C1C=CC2CC=CCC2[C@H]1O. The molecule has 0 fully saturated rings. The zero-order valence-corrected chi connectivity index (χ0v) is 6.81. The van der Waals surface area contributed by atoms with E-state index in [1.807, 2.05) is 6.08 Å². The Morgan fingerprint density at radius 1 is 1.33 bits per heavy atom. The Morgan fingerprint density at radius 3 is 2.92 bits per heavy atom. The quantitative estimate of drug-likeness (QED) is 0.544. The highest BCUT2D eigenvalue weighted by Crippen LogP contribution is 2.32. The zero-order chi connectivity index (χ0) is 8.55. The van der Waals surface area contributed by atoms with E-state index in [2.05, 4.69) is 12.2 Å². The molecule has 0 saturated carbocycles. The Hall–Kier alpha value is -0.890. The first-order valence-corrected chi connectivity index (χ1v) is 4.34. The van der Waals surface area contributed by atoms with Crippen LogP contribution in [0, 0.1) is 11.8 Å². The summed E-state index contributed by atoms with van der Waals surface area (Å²) in [4.78, 5) is 11.1. The Labute approximate surface area is 71.6 Å². The molecule has 0 radical (unpaired) electrons. The number of hydrogen-bond acceptors (Lipinski definition) is 2. The highest BCUT2D eigenvalue weighted by molar-refractivity contribution is 5.94. The van der Waals surface area contributed by atoms with E-state index in [-0.39, 0.29) is 11.7 Å². The Balaban J connectivity index is 2.25. The number of rotatable bonds is 0. The molecule has 1 N–H and O–H groups in total. The third-order valence-corrected chi connectivity index (χ3v) is 2.74. The molecule has 12 heavy (non-hydrogen) atoms. The number of carbonyl (C=O) groups excluding carboxylic acids is 1. The molecule has 2 heteroatoms. The van der Waals surface area contributed by atoms with Crippen molar-refractivity contribution in [2.24, 2.45) is 11.8 Å². The maximum atomic E-state index is 11.1. The van der Waals surface area contributed by atoms with Gasteiger partial charge >= 0.3 is 0 Å². The van der Waals surface area contributed by atoms with Crippen molar-refractivity contribution in [2.75, 3.05) is 0 Å². The first-order valence-electron chi connectivity index (χ1n) is 4.34. The molecule has 0 aromatic heterocycles. The van der Waals surface area contributed by atoms with Gasteiger partial charge in [-0.05, 0) is 24.8 Å². The zero-order valence-electron chi connectivity index (χ0n) is 6.81. The van der Waals surface area contributed by atoms with Gasteiger partial charge in [0.15, 0.2) is 5.78 Å². The number of carbonyl (C=O) groups is 1. The highest BCUT2D eigenvalue weighted by atomic mass is 16.3. The minimum absolute atomic E-state index is 0.132. The molecule has 0 aromatic carbocycles. The third-order valence-electron chi connectivity index (χ3n) is 2.74. The third kappa shape index (κ3) is 1.12. The molecule has 0 heterocycles. The van der Waals surface area contributed by atoms with E-state index in [1.54, 1.807) is 0 Å². The van der Waals surface area contributed by atoms with Crippen LogP contribution in [0.15, 0.2) is 24.3 Å². The van der Waals surface area contributed by atoms with Gasteiger partial charge in [0.2, 0.25) is 0 Å². The van der Waals surface area contributed by atoms with Crippen LogP contribution in [-0.2, 0) is 4.79 Å². The van der Waals surface area contributed by atoms with Gasteiger partial charge in [-0.15, -0.1) is 0 Å². The van der Waals surface area contributed by atoms with Gasteiger partial charge in [-0.3, -0.25) is 4.79 Å². The largest absolute Gasteiger partial charge is 0.385 e. The van der Waals surface area contributed by atoms with Crippen LogP contribution >= 0.6 is 0 Å². The van der Waals surface area contributed by atoms with Crippen LogP contribution < -0.4 is 0 Å². The van der Waals surface area contributed by atoms with Crippen molar-refractivity contribution in [3.8, 4) is 0 Å². The predicted molar refractivity (Wildman–Crippen MR) is 45.5 cm³/mol. The molecule has 0 bridgehead atoms. The molecule has 0 spiro atoms. The van der Waals surface area contributed by atoms with Crippen molar-refractivity contribution in [2.45, 2.75) is 18.9 Å². The Bertz CT molecular complexity index is 253. The summed E-state index contributed by atoms with van der Waals surface area (Å²) in [6.07, 6.45) is 8.66.